The van der Waals surface area contributed by atoms with E-state index in [0.29, 0.717) is 11.4 Å². The van der Waals surface area contributed by atoms with Gasteiger partial charge in [0.1, 0.15) is 0 Å². The van der Waals surface area contributed by atoms with E-state index in [1.807, 2.05) is 6.07 Å². The number of aliphatic carboxylic acids is 2. The molecule has 0 aliphatic carbocycles. The van der Waals surface area contributed by atoms with Crippen LogP contribution < -0.4 is 5.56 Å². The second-order valence-electron chi connectivity index (χ2n) is 6.31. The maximum absolute atomic E-state index is 12.7. The zero-order valence-electron chi connectivity index (χ0n) is 15.4. The van der Waals surface area contributed by atoms with Gasteiger partial charge in [0.15, 0.2) is 5.69 Å². The maximum Gasteiger partial charge on any atom is 0.311 e. The molecule has 1 atom stereocenters. The topological polar surface area (TPSA) is 137 Å². The summed E-state index contributed by atoms with van der Waals surface area (Å²) in [7, 11) is 0. The molecule has 1 unspecified atom stereocenters. The number of para-hydroxylation sites is 1. The fourth-order valence-corrected chi connectivity index (χ4v) is 2.90. The Bertz CT molecular complexity index is 1130. The van der Waals surface area contributed by atoms with Gasteiger partial charge in [-0.25, -0.2) is 4.68 Å². The van der Waals surface area contributed by atoms with Gasteiger partial charge in [-0.15, -0.1) is 10.2 Å². The third kappa shape index (κ3) is 4.29. The lowest BCUT2D eigenvalue weighted by molar-refractivity contribution is -0.145. The molecule has 9 nitrogen and oxygen atoms in total. The summed E-state index contributed by atoms with van der Waals surface area (Å²) in [4.78, 5) is 35.3. The van der Waals surface area contributed by atoms with E-state index in [0.717, 1.165) is 0 Å². The standard InChI is InChI=1S/C20H18N4O5/c1-12-18(19(27)24(23-12)13-7-3-2-4-8-13)22-21-16-10-6-5-9-14(16)15(20(28)29)11-17(25)26/h2-10,15,23H,11H2,1H3,(H,25,26)(H,28,29)/b22-21+. The van der Waals surface area contributed by atoms with Crippen LogP contribution in [0.25, 0.3) is 5.69 Å². The molecule has 9 heteroatoms. The molecular weight excluding hydrogens is 376 g/mol. The fourth-order valence-electron chi connectivity index (χ4n) is 2.90. The summed E-state index contributed by atoms with van der Waals surface area (Å²) in [5.41, 5.74) is 1.19. The average molecular weight is 394 g/mol. The summed E-state index contributed by atoms with van der Waals surface area (Å²) in [6.45, 7) is 1.67. The molecule has 0 bridgehead atoms. The van der Waals surface area contributed by atoms with E-state index < -0.39 is 29.8 Å². The average Bonchev–Trinajstić information content (AvgIpc) is 2.99. The maximum atomic E-state index is 12.7. The SMILES string of the molecule is Cc1[nH]n(-c2ccccc2)c(=O)c1/N=N/c1ccccc1C(CC(=O)O)C(=O)O. The molecule has 0 saturated carbocycles. The van der Waals surface area contributed by atoms with Gasteiger partial charge in [-0.05, 0) is 30.7 Å². The number of H-pyrrole nitrogens is 1. The van der Waals surface area contributed by atoms with Crippen LogP contribution >= 0.6 is 0 Å². The summed E-state index contributed by atoms with van der Waals surface area (Å²) >= 11 is 0. The number of nitrogens with zero attached hydrogens (tertiary/aromatic N) is 3. The van der Waals surface area contributed by atoms with Gasteiger partial charge < -0.3 is 10.2 Å². The Kier molecular flexibility index (Phi) is 5.68. The van der Waals surface area contributed by atoms with E-state index in [2.05, 4.69) is 15.3 Å². The first-order valence-electron chi connectivity index (χ1n) is 8.70. The van der Waals surface area contributed by atoms with Crippen molar-refractivity contribution < 1.29 is 19.8 Å². The van der Waals surface area contributed by atoms with Crippen LogP contribution in [0.15, 0.2) is 69.6 Å². The monoisotopic (exact) mass is 394 g/mol. The Morgan fingerprint density at radius 2 is 1.69 bits per heavy atom. The van der Waals surface area contributed by atoms with Crippen LogP contribution in [0.5, 0.6) is 0 Å². The zero-order valence-corrected chi connectivity index (χ0v) is 15.4. The van der Waals surface area contributed by atoms with Crippen LogP contribution in [-0.2, 0) is 9.59 Å². The van der Waals surface area contributed by atoms with E-state index in [9.17, 15) is 19.5 Å². The number of aryl methyl sites for hydroxylation is 1. The number of hydrogen-bond donors (Lipinski definition) is 3. The van der Waals surface area contributed by atoms with Gasteiger partial charge in [-0.2, -0.15) is 0 Å². The molecule has 0 aliphatic rings. The highest BCUT2D eigenvalue weighted by molar-refractivity contribution is 5.84. The summed E-state index contributed by atoms with van der Waals surface area (Å²) in [5, 5.41) is 29.4. The molecule has 0 saturated heterocycles. The quantitative estimate of drug-likeness (QED) is 0.526. The molecule has 0 amide bonds. The molecule has 1 aromatic heterocycles. The van der Waals surface area contributed by atoms with Gasteiger partial charge in [-0.3, -0.25) is 19.5 Å². The molecule has 0 fully saturated rings. The van der Waals surface area contributed by atoms with E-state index in [-0.39, 0.29) is 16.9 Å². The number of carboxylic acids is 2. The Labute approximate surface area is 164 Å². The normalized spacial score (nSPS) is 12.2. The second-order valence-corrected chi connectivity index (χ2v) is 6.31. The Morgan fingerprint density at radius 1 is 1.03 bits per heavy atom. The number of aromatic amines is 1. The van der Waals surface area contributed by atoms with Gasteiger partial charge in [0.05, 0.1) is 29.4 Å². The molecule has 29 heavy (non-hydrogen) atoms. The minimum atomic E-state index is -1.28. The largest absolute Gasteiger partial charge is 0.481 e. The van der Waals surface area contributed by atoms with E-state index in [1.54, 1.807) is 43.3 Å². The summed E-state index contributed by atoms with van der Waals surface area (Å²) in [6, 6.07) is 15.2. The molecule has 3 N–H and O–H groups in total. The zero-order chi connectivity index (χ0) is 21.0. The summed E-state index contributed by atoms with van der Waals surface area (Å²) in [5.74, 6) is -3.80. The fraction of sp³-hybridized carbons (Fsp3) is 0.150. The highest BCUT2D eigenvalue weighted by atomic mass is 16.4. The third-order valence-corrected chi connectivity index (χ3v) is 4.30. The van der Waals surface area contributed by atoms with Crippen molar-refractivity contribution in [3.63, 3.8) is 0 Å². The molecular formula is C20H18N4O5. The number of benzene rings is 2. The van der Waals surface area contributed by atoms with Crippen LogP contribution in [0.2, 0.25) is 0 Å². The highest BCUT2D eigenvalue weighted by Gasteiger charge is 2.25. The van der Waals surface area contributed by atoms with Crippen molar-refractivity contribution in [2.75, 3.05) is 0 Å². The number of carbonyl (C=O) groups is 2. The molecule has 3 rings (SSSR count). The predicted octanol–water partition coefficient (Wildman–Crippen LogP) is 3.53. The number of azo groups is 1. The van der Waals surface area contributed by atoms with Crippen LogP contribution in [0.1, 0.15) is 23.6 Å². The van der Waals surface area contributed by atoms with Gasteiger partial charge in [-0.1, -0.05) is 36.4 Å². The molecule has 0 spiro atoms. The molecule has 0 aliphatic heterocycles. The first-order chi connectivity index (χ1) is 13.9. The predicted molar refractivity (Wildman–Crippen MR) is 104 cm³/mol. The van der Waals surface area contributed by atoms with Crippen LogP contribution in [0, 0.1) is 6.92 Å². The van der Waals surface area contributed by atoms with E-state index in [1.165, 1.54) is 16.8 Å². The number of nitrogens with one attached hydrogen (secondary N) is 1. The van der Waals surface area contributed by atoms with Crippen LogP contribution in [-0.4, -0.2) is 31.9 Å². The van der Waals surface area contributed by atoms with Crippen LogP contribution in [0.3, 0.4) is 0 Å². The van der Waals surface area contributed by atoms with Crippen molar-refractivity contribution in [2.24, 2.45) is 10.2 Å². The number of rotatable bonds is 7. The Morgan fingerprint density at radius 3 is 2.34 bits per heavy atom. The van der Waals surface area contributed by atoms with Crippen molar-refractivity contribution in [2.45, 2.75) is 19.3 Å². The lowest BCUT2D eigenvalue weighted by Crippen LogP contribution is -2.16. The Balaban J connectivity index is 2.00. The number of carboxylic acid groups (broad SMARTS) is 2. The van der Waals surface area contributed by atoms with Crippen molar-refractivity contribution >= 4 is 23.3 Å². The van der Waals surface area contributed by atoms with Crippen molar-refractivity contribution in [3.05, 3.63) is 76.2 Å². The molecule has 0 radical (unpaired) electrons. The first kappa shape index (κ1) is 19.7. The number of hydrogen-bond acceptors (Lipinski definition) is 5. The minimum Gasteiger partial charge on any atom is -0.481 e. The van der Waals surface area contributed by atoms with Crippen molar-refractivity contribution in [3.8, 4) is 5.69 Å². The van der Waals surface area contributed by atoms with Gasteiger partial charge in [0.2, 0.25) is 0 Å². The highest BCUT2D eigenvalue weighted by Crippen LogP contribution is 2.31. The molecule has 3 aromatic rings. The lowest BCUT2D eigenvalue weighted by atomic mass is 9.94. The smallest absolute Gasteiger partial charge is 0.311 e. The lowest BCUT2D eigenvalue weighted by Gasteiger charge is -2.12. The number of aromatic nitrogens is 2. The van der Waals surface area contributed by atoms with Gasteiger partial charge in [0.25, 0.3) is 5.56 Å². The molecule has 2 aromatic carbocycles. The summed E-state index contributed by atoms with van der Waals surface area (Å²) in [6.07, 6.45) is -0.591. The van der Waals surface area contributed by atoms with Crippen molar-refractivity contribution in [1.82, 2.24) is 9.78 Å². The third-order valence-electron chi connectivity index (χ3n) is 4.30. The molecule has 1 heterocycles. The minimum absolute atomic E-state index is 0.0776. The van der Waals surface area contributed by atoms with Crippen LogP contribution in [0.4, 0.5) is 11.4 Å². The first-order valence-corrected chi connectivity index (χ1v) is 8.70. The van der Waals surface area contributed by atoms with Gasteiger partial charge >= 0.3 is 11.9 Å². The second kappa shape index (κ2) is 8.34. The van der Waals surface area contributed by atoms with Crippen molar-refractivity contribution in [1.29, 1.82) is 0 Å². The Hall–Kier alpha value is -4.01. The molecule has 148 valence electrons. The van der Waals surface area contributed by atoms with Gasteiger partial charge in [0, 0.05) is 0 Å². The summed E-state index contributed by atoms with van der Waals surface area (Å²) < 4.78 is 1.33. The van der Waals surface area contributed by atoms with E-state index >= 15 is 0 Å². The van der Waals surface area contributed by atoms with E-state index in [4.69, 9.17) is 5.11 Å².